The second kappa shape index (κ2) is 9.72. The lowest BCUT2D eigenvalue weighted by atomic mass is 10.1. The zero-order valence-electron chi connectivity index (χ0n) is 23.3. The normalized spacial score (nSPS) is 13.8. The molecular formula is C38H26N4S. The smallest absolute Gasteiger partial charge is 0.164 e. The van der Waals surface area contributed by atoms with Gasteiger partial charge in [-0.2, -0.15) is 11.8 Å². The van der Waals surface area contributed by atoms with Crippen LogP contribution in [0.2, 0.25) is 0 Å². The minimum Gasteiger partial charge on any atom is -0.309 e. The molecule has 4 nitrogen and oxygen atoms in total. The highest BCUT2D eigenvalue weighted by Gasteiger charge is 2.23. The molecule has 204 valence electrons. The van der Waals surface area contributed by atoms with E-state index in [9.17, 15) is 0 Å². The molecule has 4 heterocycles. The van der Waals surface area contributed by atoms with Gasteiger partial charge in [0.15, 0.2) is 5.82 Å². The van der Waals surface area contributed by atoms with Gasteiger partial charge >= 0.3 is 0 Å². The van der Waals surface area contributed by atoms with Gasteiger partial charge in [0.05, 0.1) is 33.1 Å². The van der Waals surface area contributed by atoms with E-state index in [1.807, 2.05) is 23.9 Å². The summed E-state index contributed by atoms with van der Waals surface area (Å²) in [6.45, 7) is 0. The molecule has 3 aromatic heterocycles. The Morgan fingerprint density at radius 2 is 1.16 bits per heavy atom. The molecule has 1 aliphatic heterocycles. The van der Waals surface area contributed by atoms with Crippen molar-refractivity contribution < 1.29 is 0 Å². The van der Waals surface area contributed by atoms with Crippen molar-refractivity contribution in [2.45, 2.75) is 0 Å². The quantitative estimate of drug-likeness (QED) is 0.212. The van der Waals surface area contributed by atoms with Crippen LogP contribution in [0.4, 0.5) is 0 Å². The SMILES string of the molecule is C1=CCSCC(c2nc3ccccc3nc2-n2c3ccccc3c3c4c5ccccc5n(-c5ccccc5)c4ccc32)=C1. The molecule has 0 aliphatic carbocycles. The first-order chi connectivity index (χ1) is 21.4. The van der Waals surface area contributed by atoms with Crippen molar-refractivity contribution >= 4 is 72.0 Å². The second-order valence-electron chi connectivity index (χ2n) is 10.9. The monoisotopic (exact) mass is 570 g/mol. The Hall–Kier alpha value is -5.13. The van der Waals surface area contributed by atoms with Crippen LogP contribution in [-0.2, 0) is 0 Å². The van der Waals surface area contributed by atoms with Crippen LogP contribution >= 0.6 is 11.8 Å². The van der Waals surface area contributed by atoms with E-state index in [1.165, 1.54) is 38.2 Å². The Kier molecular flexibility index (Phi) is 5.53. The Bertz CT molecular complexity index is 2430. The summed E-state index contributed by atoms with van der Waals surface area (Å²) < 4.78 is 4.73. The molecule has 0 saturated carbocycles. The average molecular weight is 571 g/mol. The molecular weight excluding hydrogens is 545 g/mol. The van der Waals surface area contributed by atoms with Gasteiger partial charge in [-0.3, -0.25) is 4.57 Å². The van der Waals surface area contributed by atoms with E-state index >= 15 is 0 Å². The number of para-hydroxylation sites is 5. The van der Waals surface area contributed by atoms with Crippen molar-refractivity contribution in [3.63, 3.8) is 0 Å². The van der Waals surface area contributed by atoms with Gasteiger partial charge in [0, 0.05) is 38.7 Å². The van der Waals surface area contributed by atoms with Crippen molar-refractivity contribution in [3.8, 4) is 11.5 Å². The van der Waals surface area contributed by atoms with Crippen molar-refractivity contribution in [3.05, 3.63) is 139 Å². The zero-order valence-corrected chi connectivity index (χ0v) is 24.1. The van der Waals surface area contributed by atoms with Crippen molar-refractivity contribution in [1.82, 2.24) is 19.1 Å². The van der Waals surface area contributed by atoms with Crippen LogP contribution in [-0.4, -0.2) is 30.6 Å². The molecule has 0 N–H and O–H groups in total. The number of benzene rings is 5. The predicted octanol–water partition coefficient (Wildman–Crippen LogP) is 9.51. The van der Waals surface area contributed by atoms with E-state index in [1.54, 1.807) is 0 Å². The number of hydrogen-bond donors (Lipinski definition) is 0. The number of allylic oxidation sites excluding steroid dienone is 2. The predicted molar refractivity (Wildman–Crippen MR) is 183 cm³/mol. The van der Waals surface area contributed by atoms with E-state index in [-0.39, 0.29) is 0 Å². The molecule has 9 rings (SSSR count). The summed E-state index contributed by atoms with van der Waals surface area (Å²) in [6, 6.07) is 40.9. The van der Waals surface area contributed by atoms with Gasteiger partial charge in [-0.1, -0.05) is 85.0 Å². The van der Waals surface area contributed by atoms with Crippen LogP contribution in [0.25, 0.3) is 71.7 Å². The molecule has 5 aromatic carbocycles. The minimum absolute atomic E-state index is 0.873. The molecule has 0 unspecified atom stereocenters. The fourth-order valence-electron chi connectivity index (χ4n) is 6.64. The van der Waals surface area contributed by atoms with Gasteiger partial charge in [-0.15, -0.1) is 0 Å². The largest absolute Gasteiger partial charge is 0.309 e. The van der Waals surface area contributed by atoms with E-state index in [0.29, 0.717) is 0 Å². The van der Waals surface area contributed by atoms with Gasteiger partial charge in [-0.25, -0.2) is 9.97 Å². The summed E-state index contributed by atoms with van der Waals surface area (Å²) in [5.74, 6) is 2.76. The third-order valence-electron chi connectivity index (χ3n) is 8.46. The molecule has 43 heavy (non-hydrogen) atoms. The van der Waals surface area contributed by atoms with Gasteiger partial charge < -0.3 is 4.57 Å². The summed E-state index contributed by atoms with van der Waals surface area (Å²) in [5, 5.41) is 4.95. The zero-order chi connectivity index (χ0) is 28.3. The van der Waals surface area contributed by atoms with Crippen LogP contribution < -0.4 is 0 Å². The topological polar surface area (TPSA) is 35.6 Å². The fourth-order valence-corrected chi connectivity index (χ4v) is 7.45. The summed E-state index contributed by atoms with van der Waals surface area (Å²) in [5.41, 5.74) is 9.75. The first-order valence-corrected chi connectivity index (χ1v) is 15.7. The highest BCUT2D eigenvalue weighted by atomic mass is 32.2. The van der Waals surface area contributed by atoms with Crippen LogP contribution in [0.1, 0.15) is 5.69 Å². The summed E-state index contributed by atoms with van der Waals surface area (Å²) in [4.78, 5) is 10.6. The Morgan fingerprint density at radius 3 is 1.91 bits per heavy atom. The van der Waals surface area contributed by atoms with E-state index in [0.717, 1.165) is 50.8 Å². The van der Waals surface area contributed by atoms with Gasteiger partial charge in [-0.05, 0) is 54.1 Å². The maximum Gasteiger partial charge on any atom is 0.164 e. The van der Waals surface area contributed by atoms with Crippen molar-refractivity contribution in [2.75, 3.05) is 11.5 Å². The summed E-state index contributed by atoms with van der Waals surface area (Å²) in [6.07, 6.45) is 6.58. The fraction of sp³-hybridized carbons (Fsp3) is 0.0526. The molecule has 0 atom stereocenters. The number of rotatable bonds is 3. The molecule has 0 saturated heterocycles. The van der Waals surface area contributed by atoms with E-state index in [2.05, 4.69) is 130 Å². The first kappa shape index (κ1) is 24.5. The molecule has 5 heteroatoms. The number of nitrogens with zero attached hydrogens (tertiary/aromatic N) is 4. The molecule has 0 spiro atoms. The highest BCUT2D eigenvalue weighted by molar-refractivity contribution is 7.99. The lowest BCUT2D eigenvalue weighted by Gasteiger charge is -2.15. The van der Waals surface area contributed by atoms with Gasteiger partial charge in [0.25, 0.3) is 0 Å². The Balaban J connectivity index is 1.45. The number of aromatic nitrogens is 4. The van der Waals surface area contributed by atoms with E-state index in [4.69, 9.17) is 9.97 Å². The van der Waals surface area contributed by atoms with Crippen LogP contribution in [0.15, 0.2) is 133 Å². The number of thioether (sulfide) groups is 1. The van der Waals surface area contributed by atoms with Crippen LogP contribution in [0.5, 0.6) is 0 Å². The molecule has 0 radical (unpaired) electrons. The second-order valence-corrected chi connectivity index (χ2v) is 11.9. The Labute approximate surface area is 252 Å². The summed E-state index contributed by atoms with van der Waals surface area (Å²) in [7, 11) is 0. The lowest BCUT2D eigenvalue weighted by Crippen LogP contribution is -2.07. The first-order valence-electron chi connectivity index (χ1n) is 14.6. The molecule has 1 aliphatic rings. The summed E-state index contributed by atoms with van der Waals surface area (Å²) >= 11 is 1.91. The molecule has 0 bridgehead atoms. The maximum absolute atomic E-state index is 5.34. The Morgan fingerprint density at radius 1 is 0.558 bits per heavy atom. The number of hydrogen-bond acceptors (Lipinski definition) is 3. The van der Waals surface area contributed by atoms with Crippen molar-refractivity contribution in [2.24, 2.45) is 0 Å². The van der Waals surface area contributed by atoms with Gasteiger partial charge in [0.1, 0.15) is 5.69 Å². The lowest BCUT2D eigenvalue weighted by molar-refractivity contribution is 1.06. The number of fused-ring (bicyclic) bond motifs is 8. The maximum atomic E-state index is 5.34. The third kappa shape index (κ3) is 3.71. The average Bonchev–Trinajstić information content (AvgIpc) is 3.42. The van der Waals surface area contributed by atoms with Crippen LogP contribution in [0, 0.1) is 0 Å². The van der Waals surface area contributed by atoms with Crippen LogP contribution in [0.3, 0.4) is 0 Å². The van der Waals surface area contributed by atoms with Gasteiger partial charge in [0.2, 0.25) is 0 Å². The molecule has 8 aromatic rings. The van der Waals surface area contributed by atoms with Crippen molar-refractivity contribution in [1.29, 1.82) is 0 Å². The van der Waals surface area contributed by atoms with E-state index < -0.39 is 0 Å². The highest BCUT2D eigenvalue weighted by Crippen LogP contribution is 2.43. The standard InChI is InChI=1S/C38H26N4S/c1-2-13-26(14-3-1)41-31-19-8-4-15-27(31)35-33(41)21-22-34-36(35)28-16-5-9-20-32(28)42(34)38-37(25-12-10-11-23-43-24-25)39-29-17-6-7-18-30(29)40-38/h1-22H,23-24H2. The third-order valence-corrected chi connectivity index (χ3v) is 9.40. The minimum atomic E-state index is 0.873. The molecule has 0 amide bonds. The molecule has 0 fully saturated rings.